The Morgan fingerprint density at radius 3 is 2.86 bits per heavy atom. The predicted molar refractivity (Wildman–Crippen MR) is 61.7 cm³/mol. The van der Waals surface area contributed by atoms with Crippen LogP contribution in [-0.4, -0.2) is 7.05 Å². The van der Waals surface area contributed by atoms with Crippen LogP contribution in [0.3, 0.4) is 0 Å². The van der Waals surface area contributed by atoms with E-state index < -0.39 is 0 Å². The summed E-state index contributed by atoms with van der Waals surface area (Å²) in [7, 11) is 1.99. The van der Waals surface area contributed by atoms with Gasteiger partial charge in [-0.05, 0) is 30.9 Å². The number of hydrogen-bond donors (Lipinski definition) is 1. The Morgan fingerprint density at radius 2 is 2.14 bits per heavy atom. The van der Waals surface area contributed by atoms with E-state index in [-0.39, 0.29) is 0 Å². The van der Waals surface area contributed by atoms with E-state index in [1.54, 1.807) is 0 Å². The average Bonchev–Trinajstić information content (AvgIpc) is 2.30. The monoisotopic (exact) mass is 187 g/mol. The molecule has 1 N–H and O–H groups in total. The molecule has 0 heterocycles. The molecule has 0 saturated carbocycles. The highest BCUT2D eigenvalue weighted by Gasteiger charge is 2.13. The summed E-state index contributed by atoms with van der Waals surface area (Å²) < 4.78 is 0. The van der Waals surface area contributed by atoms with Crippen LogP contribution in [0.2, 0.25) is 0 Å². The van der Waals surface area contributed by atoms with Crippen LogP contribution >= 0.6 is 0 Å². The number of rotatable bonds is 2. The van der Waals surface area contributed by atoms with Gasteiger partial charge in [-0.2, -0.15) is 0 Å². The molecule has 0 saturated heterocycles. The van der Waals surface area contributed by atoms with Gasteiger partial charge in [0.05, 0.1) is 0 Å². The maximum Gasteiger partial charge on any atom is 0.0376 e. The van der Waals surface area contributed by atoms with E-state index in [0.717, 1.165) is 0 Å². The van der Waals surface area contributed by atoms with Crippen LogP contribution in [0, 0.1) is 0 Å². The van der Waals surface area contributed by atoms with Crippen LogP contribution in [-0.2, 0) is 0 Å². The molecule has 0 aromatic heterocycles. The lowest BCUT2D eigenvalue weighted by molar-refractivity contribution is 0.655. The first-order valence-corrected chi connectivity index (χ1v) is 5.35. The summed E-state index contributed by atoms with van der Waals surface area (Å²) in [5.41, 5.74) is 2.70. The first kappa shape index (κ1) is 9.32. The quantitative estimate of drug-likeness (QED) is 0.698. The van der Waals surface area contributed by atoms with Crippen molar-refractivity contribution in [3.8, 4) is 0 Å². The van der Waals surface area contributed by atoms with Gasteiger partial charge in [0.15, 0.2) is 0 Å². The van der Waals surface area contributed by atoms with E-state index in [9.17, 15) is 0 Å². The Kier molecular flexibility index (Phi) is 2.87. The van der Waals surface area contributed by atoms with Crippen LogP contribution < -0.4 is 5.32 Å². The van der Waals surface area contributed by atoms with Crippen molar-refractivity contribution in [2.45, 2.75) is 25.2 Å². The Bertz CT molecular complexity index is 328. The number of benzene rings is 1. The SMILES string of the molecule is CNc1ccccc1C1C=CCCC1. The van der Waals surface area contributed by atoms with Gasteiger partial charge in [-0.25, -0.2) is 0 Å². The third-order valence-corrected chi connectivity index (χ3v) is 2.88. The Morgan fingerprint density at radius 1 is 1.29 bits per heavy atom. The van der Waals surface area contributed by atoms with Crippen LogP contribution in [0.4, 0.5) is 5.69 Å². The second kappa shape index (κ2) is 4.32. The van der Waals surface area contributed by atoms with Crippen LogP contribution in [0.25, 0.3) is 0 Å². The van der Waals surface area contributed by atoms with Crippen molar-refractivity contribution in [3.63, 3.8) is 0 Å². The maximum absolute atomic E-state index is 3.26. The zero-order chi connectivity index (χ0) is 9.80. The lowest BCUT2D eigenvalue weighted by atomic mass is 9.88. The molecule has 1 heteroatoms. The van der Waals surface area contributed by atoms with Gasteiger partial charge in [0.2, 0.25) is 0 Å². The highest BCUT2D eigenvalue weighted by atomic mass is 14.8. The maximum atomic E-state index is 3.26. The molecule has 1 atom stereocenters. The number of para-hydroxylation sites is 1. The van der Waals surface area contributed by atoms with Crippen LogP contribution in [0.15, 0.2) is 36.4 Å². The van der Waals surface area contributed by atoms with E-state index in [0.29, 0.717) is 5.92 Å². The minimum Gasteiger partial charge on any atom is -0.388 e. The van der Waals surface area contributed by atoms with Gasteiger partial charge >= 0.3 is 0 Å². The van der Waals surface area contributed by atoms with Gasteiger partial charge in [-0.3, -0.25) is 0 Å². The second-order valence-electron chi connectivity index (χ2n) is 3.80. The van der Waals surface area contributed by atoms with Gasteiger partial charge in [-0.1, -0.05) is 30.4 Å². The number of anilines is 1. The molecule has 1 nitrogen and oxygen atoms in total. The minimum absolute atomic E-state index is 0.618. The molecule has 1 aromatic rings. The molecule has 14 heavy (non-hydrogen) atoms. The molecule has 1 aliphatic rings. The van der Waals surface area contributed by atoms with Crippen molar-refractivity contribution < 1.29 is 0 Å². The van der Waals surface area contributed by atoms with Crippen molar-refractivity contribution in [2.75, 3.05) is 12.4 Å². The molecule has 0 bridgehead atoms. The first-order valence-electron chi connectivity index (χ1n) is 5.35. The molecule has 0 amide bonds. The molecular formula is C13H17N. The largest absolute Gasteiger partial charge is 0.388 e. The number of allylic oxidation sites excluding steroid dienone is 2. The fourth-order valence-electron chi connectivity index (χ4n) is 2.12. The van der Waals surface area contributed by atoms with Crippen LogP contribution in [0.5, 0.6) is 0 Å². The minimum atomic E-state index is 0.618. The highest BCUT2D eigenvalue weighted by molar-refractivity contribution is 5.53. The lowest BCUT2D eigenvalue weighted by Crippen LogP contribution is -2.03. The summed E-state index contributed by atoms with van der Waals surface area (Å²) >= 11 is 0. The third-order valence-electron chi connectivity index (χ3n) is 2.88. The molecule has 1 aliphatic carbocycles. The van der Waals surface area contributed by atoms with Gasteiger partial charge in [-0.15, -0.1) is 0 Å². The molecule has 0 fully saturated rings. The molecule has 0 radical (unpaired) electrons. The summed E-state index contributed by atoms with van der Waals surface area (Å²) in [4.78, 5) is 0. The molecule has 2 rings (SSSR count). The molecule has 1 aromatic carbocycles. The number of nitrogens with one attached hydrogen (secondary N) is 1. The normalized spacial score (nSPS) is 20.8. The summed E-state index contributed by atoms with van der Waals surface area (Å²) in [6, 6.07) is 8.59. The molecule has 1 unspecified atom stereocenters. The fraction of sp³-hybridized carbons (Fsp3) is 0.385. The van der Waals surface area contributed by atoms with Crippen molar-refractivity contribution in [1.82, 2.24) is 0 Å². The van der Waals surface area contributed by atoms with Crippen molar-refractivity contribution >= 4 is 5.69 Å². The Hall–Kier alpha value is -1.24. The van der Waals surface area contributed by atoms with Gasteiger partial charge in [0.25, 0.3) is 0 Å². The van der Waals surface area contributed by atoms with Crippen molar-refractivity contribution in [3.05, 3.63) is 42.0 Å². The second-order valence-corrected chi connectivity index (χ2v) is 3.80. The van der Waals surface area contributed by atoms with Crippen molar-refractivity contribution in [2.24, 2.45) is 0 Å². The first-order chi connectivity index (χ1) is 6.92. The van der Waals surface area contributed by atoms with E-state index in [1.165, 1.54) is 30.5 Å². The summed E-state index contributed by atoms with van der Waals surface area (Å²) in [5.74, 6) is 0.618. The fourth-order valence-corrected chi connectivity index (χ4v) is 2.12. The zero-order valence-corrected chi connectivity index (χ0v) is 8.66. The highest BCUT2D eigenvalue weighted by Crippen LogP contribution is 2.32. The van der Waals surface area contributed by atoms with Crippen molar-refractivity contribution in [1.29, 1.82) is 0 Å². The summed E-state index contributed by atoms with van der Waals surface area (Å²) in [6.45, 7) is 0. The molecule has 0 aliphatic heterocycles. The summed E-state index contributed by atoms with van der Waals surface area (Å²) in [5, 5.41) is 3.26. The van der Waals surface area contributed by atoms with Gasteiger partial charge in [0.1, 0.15) is 0 Å². The molecule has 0 spiro atoms. The predicted octanol–water partition coefficient (Wildman–Crippen LogP) is 3.55. The molecular weight excluding hydrogens is 170 g/mol. The standard InChI is InChI=1S/C13H17N/c1-14-13-10-6-5-9-12(13)11-7-3-2-4-8-11/h3,5-7,9-11,14H,2,4,8H2,1H3. The average molecular weight is 187 g/mol. The Balaban J connectivity index is 2.29. The smallest absolute Gasteiger partial charge is 0.0376 e. The van der Waals surface area contributed by atoms with Gasteiger partial charge < -0.3 is 5.32 Å². The van der Waals surface area contributed by atoms with E-state index >= 15 is 0 Å². The molecule has 74 valence electrons. The van der Waals surface area contributed by atoms with E-state index in [4.69, 9.17) is 0 Å². The van der Waals surface area contributed by atoms with Crippen LogP contribution in [0.1, 0.15) is 30.7 Å². The lowest BCUT2D eigenvalue weighted by Gasteiger charge is -2.19. The summed E-state index contributed by atoms with van der Waals surface area (Å²) in [6.07, 6.45) is 8.51. The Labute approximate surface area is 85.8 Å². The zero-order valence-electron chi connectivity index (χ0n) is 8.66. The number of hydrogen-bond acceptors (Lipinski definition) is 1. The van der Waals surface area contributed by atoms with Gasteiger partial charge in [0, 0.05) is 18.7 Å². The third kappa shape index (κ3) is 1.82. The van der Waals surface area contributed by atoms with E-state index in [1.807, 2.05) is 7.05 Å². The van der Waals surface area contributed by atoms with E-state index in [2.05, 4.69) is 41.7 Å². The topological polar surface area (TPSA) is 12.0 Å².